The van der Waals surface area contributed by atoms with Crippen LogP contribution < -0.4 is 5.32 Å². The minimum absolute atomic E-state index is 0.306. The Kier molecular flexibility index (Phi) is 5.68. The van der Waals surface area contributed by atoms with Gasteiger partial charge in [0.25, 0.3) is 5.22 Å². The minimum Gasteiger partial charge on any atom is -0.440 e. The molecule has 108 valence electrons. The van der Waals surface area contributed by atoms with Crippen LogP contribution in [0.3, 0.4) is 0 Å². The summed E-state index contributed by atoms with van der Waals surface area (Å²) in [6.07, 6.45) is 4.42. The first-order valence-corrected chi connectivity index (χ1v) is 7.96. The largest absolute Gasteiger partial charge is 0.440 e. The summed E-state index contributed by atoms with van der Waals surface area (Å²) >= 11 is 1.63. The Balaban J connectivity index is 1.96. The summed E-state index contributed by atoms with van der Waals surface area (Å²) in [5.74, 6) is 1.60. The molecule has 1 aromatic carbocycles. The monoisotopic (exact) mass is 290 g/mol. The molecule has 20 heavy (non-hydrogen) atoms. The van der Waals surface area contributed by atoms with Crippen LogP contribution in [-0.4, -0.2) is 17.8 Å². The Morgan fingerprint density at radius 2 is 2.00 bits per heavy atom. The van der Waals surface area contributed by atoms with Crippen molar-refractivity contribution < 1.29 is 4.42 Å². The molecule has 0 bridgehead atoms. The van der Waals surface area contributed by atoms with E-state index in [1.54, 1.807) is 24.2 Å². The van der Waals surface area contributed by atoms with Crippen LogP contribution in [0.1, 0.15) is 31.0 Å². The fraction of sp³-hybridized carbons (Fsp3) is 0.438. The molecule has 0 aliphatic rings. The van der Waals surface area contributed by atoms with Crippen LogP contribution in [0.15, 0.2) is 46.4 Å². The lowest BCUT2D eigenvalue weighted by Crippen LogP contribution is -2.18. The van der Waals surface area contributed by atoms with Crippen molar-refractivity contribution in [1.82, 2.24) is 10.3 Å². The molecule has 0 fully saturated rings. The van der Waals surface area contributed by atoms with E-state index >= 15 is 0 Å². The molecule has 1 N–H and O–H groups in total. The van der Waals surface area contributed by atoms with Crippen LogP contribution in [0, 0.1) is 5.92 Å². The van der Waals surface area contributed by atoms with Crippen molar-refractivity contribution in [2.24, 2.45) is 5.92 Å². The Bertz CT molecular complexity index is 494. The highest BCUT2D eigenvalue weighted by Crippen LogP contribution is 2.24. The predicted molar refractivity (Wildman–Crippen MR) is 84.0 cm³/mol. The second-order valence-corrected chi connectivity index (χ2v) is 6.26. The summed E-state index contributed by atoms with van der Waals surface area (Å²) in [5, 5.41) is 4.07. The van der Waals surface area contributed by atoms with Crippen LogP contribution >= 0.6 is 11.8 Å². The van der Waals surface area contributed by atoms with Crippen molar-refractivity contribution in [2.45, 2.75) is 31.5 Å². The first-order valence-electron chi connectivity index (χ1n) is 6.97. The molecule has 2 aromatic rings. The highest BCUT2D eigenvalue weighted by Gasteiger charge is 2.11. The lowest BCUT2D eigenvalue weighted by molar-refractivity contribution is 0.453. The van der Waals surface area contributed by atoms with E-state index in [1.165, 1.54) is 11.1 Å². The number of rotatable bonds is 7. The lowest BCUT2D eigenvalue weighted by atomic mass is 10.00. The van der Waals surface area contributed by atoms with E-state index < -0.39 is 0 Å². The molecule has 0 saturated carbocycles. The number of hydrogen-bond donors (Lipinski definition) is 1. The maximum atomic E-state index is 5.25. The van der Waals surface area contributed by atoms with Gasteiger partial charge in [-0.1, -0.05) is 49.9 Å². The fourth-order valence-electron chi connectivity index (χ4n) is 2.14. The maximum Gasteiger partial charge on any atom is 0.255 e. The first-order chi connectivity index (χ1) is 9.69. The summed E-state index contributed by atoms with van der Waals surface area (Å²) in [6.45, 7) is 4.49. The van der Waals surface area contributed by atoms with Crippen molar-refractivity contribution >= 4 is 11.8 Å². The van der Waals surface area contributed by atoms with E-state index in [1.807, 2.05) is 7.05 Å². The van der Waals surface area contributed by atoms with E-state index in [0.717, 1.165) is 17.4 Å². The zero-order valence-electron chi connectivity index (χ0n) is 12.3. The van der Waals surface area contributed by atoms with Gasteiger partial charge in [-0.3, -0.25) is 0 Å². The average molecular weight is 290 g/mol. The molecule has 0 amide bonds. The standard InChI is InChI=1S/C16H22N2OS/c1-12(2)10-13-4-6-14(7-5-13)15(17-3)11-20-16-18-8-9-19-16/h4-9,12,15,17H,10-11H2,1-3H3. The van der Waals surface area contributed by atoms with E-state index in [9.17, 15) is 0 Å². The zero-order chi connectivity index (χ0) is 14.4. The quantitative estimate of drug-likeness (QED) is 0.784. The highest BCUT2D eigenvalue weighted by atomic mass is 32.2. The summed E-state index contributed by atoms with van der Waals surface area (Å²) in [6, 6.07) is 9.20. The molecule has 2 rings (SSSR count). The Morgan fingerprint density at radius 1 is 1.25 bits per heavy atom. The maximum absolute atomic E-state index is 5.25. The van der Waals surface area contributed by atoms with Crippen LogP contribution in [0.4, 0.5) is 0 Å². The summed E-state index contributed by atoms with van der Waals surface area (Å²) in [4.78, 5) is 4.13. The van der Waals surface area contributed by atoms with Gasteiger partial charge >= 0.3 is 0 Å². The number of benzene rings is 1. The molecule has 1 aromatic heterocycles. The van der Waals surface area contributed by atoms with Gasteiger partial charge in [-0.15, -0.1) is 0 Å². The number of nitrogens with zero attached hydrogens (tertiary/aromatic N) is 1. The summed E-state index contributed by atoms with van der Waals surface area (Å²) in [5.41, 5.74) is 2.71. The van der Waals surface area contributed by atoms with Crippen molar-refractivity contribution in [2.75, 3.05) is 12.8 Å². The molecule has 1 heterocycles. The molecule has 4 heteroatoms. The van der Waals surface area contributed by atoms with Gasteiger partial charge in [-0.2, -0.15) is 0 Å². The van der Waals surface area contributed by atoms with Crippen molar-refractivity contribution in [3.8, 4) is 0 Å². The summed E-state index contributed by atoms with van der Waals surface area (Å²) < 4.78 is 5.25. The van der Waals surface area contributed by atoms with Gasteiger partial charge in [0, 0.05) is 11.8 Å². The first kappa shape index (κ1) is 15.1. The van der Waals surface area contributed by atoms with Gasteiger partial charge in [-0.05, 0) is 30.5 Å². The van der Waals surface area contributed by atoms with E-state index in [-0.39, 0.29) is 0 Å². The van der Waals surface area contributed by atoms with Gasteiger partial charge in [0.2, 0.25) is 0 Å². The molecule has 0 spiro atoms. The molecule has 1 unspecified atom stereocenters. The van der Waals surface area contributed by atoms with Gasteiger partial charge < -0.3 is 9.73 Å². The Morgan fingerprint density at radius 3 is 2.55 bits per heavy atom. The molecular weight excluding hydrogens is 268 g/mol. The van der Waals surface area contributed by atoms with Crippen molar-refractivity contribution in [1.29, 1.82) is 0 Å². The topological polar surface area (TPSA) is 38.1 Å². The van der Waals surface area contributed by atoms with Crippen LogP contribution in [-0.2, 0) is 6.42 Å². The number of nitrogens with one attached hydrogen (secondary N) is 1. The Hall–Kier alpha value is -1.26. The number of hydrogen-bond acceptors (Lipinski definition) is 4. The SMILES string of the molecule is CNC(CSc1ncco1)c1ccc(CC(C)C)cc1. The molecule has 0 saturated heterocycles. The predicted octanol–water partition coefficient (Wildman–Crippen LogP) is 3.93. The van der Waals surface area contributed by atoms with Crippen LogP contribution in [0.25, 0.3) is 0 Å². The summed E-state index contributed by atoms with van der Waals surface area (Å²) in [7, 11) is 1.99. The van der Waals surface area contributed by atoms with E-state index in [4.69, 9.17) is 4.42 Å². The van der Waals surface area contributed by atoms with Gasteiger partial charge in [0.1, 0.15) is 6.26 Å². The third kappa shape index (κ3) is 4.39. The van der Waals surface area contributed by atoms with E-state index in [2.05, 4.69) is 48.4 Å². The number of aromatic nitrogens is 1. The van der Waals surface area contributed by atoms with Crippen LogP contribution in [0.2, 0.25) is 0 Å². The van der Waals surface area contributed by atoms with Gasteiger partial charge in [-0.25, -0.2) is 4.98 Å². The number of thioether (sulfide) groups is 1. The third-order valence-electron chi connectivity index (χ3n) is 3.16. The van der Waals surface area contributed by atoms with Crippen LogP contribution in [0.5, 0.6) is 0 Å². The van der Waals surface area contributed by atoms with Crippen molar-refractivity contribution in [3.05, 3.63) is 47.9 Å². The molecule has 0 aliphatic heterocycles. The van der Waals surface area contributed by atoms with E-state index in [0.29, 0.717) is 12.0 Å². The van der Waals surface area contributed by atoms with Gasteiger partial charge in [0.05, 0.1) is 6.20 Å². The fourth-order valence-corrected chi connectivity index (χ4v) is 3.07. The smallest absolute Gasteiger partial charge is 0.255 e. The average Bonchev–Trinajstić information content (AvgIpc) is 2.94. The molecule has 0 aliphatic carbocycles. The van der Waals surface area contributed by atoms with Gasteiger partial charge in [0.15, 0.2) is 0 Å². The minimum atomic E-state index is 0.306. The third-order valence-corrected chi connectivity index (χ3v) is 4.11. The molecule has 3 nitrogen and oxygen atoms in total. The zero-order valence-corrected chi connectivity index (χ0v) is 13.1. The lowest BCUT2D eigenvalue weighted by Gasteiger charge is -2.16. The second-order valence-electron chi connectivity index (χ2n) is 5.29. The molecule has 0 radical (unpaired) electrons. The second kappa shape index (κ2) is 7.50. The highest BCUT2D eigenvalue weighted by molar-refractivity contribution is 7.99. The van der Waals surface area contributed by atoms with Crippen molar-refractivity contribution in [3.63, 3.8) is 0 Å². The molecular formula is C16H22N2OS. The molecule has 1 atom stereocenters. The Labute approximate surface area is 125 Å². The normalized spacial score (nSPS) is 12.8. The number of oxazole rings is 1.